The molecule has 0 spiro atoms. The maximum Gasteiger partial charge on any atom is 0.253 e. The molecule has 1 unspecified atom stereocenters. The summed E-state index contributed by atoms with van der Waals surface area (Å²) in [7, 11) is 3.46. The molecule has 1 atom stereocenters. The van der Waals surface area contributed by atoms with Gasteiger partial charge in [0, 0.05) is 18.7 Å². The number of carbonyl (C=O) groups excluding carboxylic acids is 1. The van der Waals surface area contributed by atoms with Crippen LogP contribution in [0, 0.1) is 5.92 Å². The van der Waals surface area contributed by atoms with Crippen molar-refractivity contribution in [2.75, 3.05) is 14.2 Å². The number of amides is 1. The van der Waals surface area contributed by atoms with Gasteiger partial charge < -0.3 is 9.64 Å². The van der Waals surface area contributed by atoms with E-state index in [0.717, 1.165) is 16.6 Å². The molecule has 0 aliphatic rings. The van der Waals surface area contributed by atoms with E-state index in [9.17, 15) is 4.79 Å². The van der Waals surface area contributed by atoms with Gasteiger partial charge in [0.15, 0.2) is 0 Å². The van der Waals surface area contributed by atoms with Crippen LogP contribution in [0.1, 0.15) is 37.6 Å². The van der Waals surface area contributed by atoms with Crippen molar-refractivity contribution >= 4 is 21.8 Å². The van der Waals surface area contributed by atoms with Crippen molar-refractivity contribution in [1.82, 2.24) is 4.90 Å². The molecule has 0 aliphatic carbocycles. The fraction of sp³-hybridized carbons (Fsp3) is 0.533. The Morgan fingerprint density at radius 2 is 2.00 bits per heavy atom. The molecule has 1 rings (SSSR count). The molecular formula is C15H22BrNO2. The molecule has 1 aromatic carbocycles. The second kappa shape index (κ2) is 6.94. The Morgan fingerprint density at radius 3 is 2.47 bits per heavy atom. The normalized spacial score (nSPS) is 12.4. The third-order valence-corrected chi connectivity index (χ3v) is 3.81. The van der Waals surface area contributed by atoms with Gasteiger partial charge in [0.1, 0.15) is 5.75 Å². The first-order valence-corrected chi connectivity index (χ1v) is 7.26. The summed E-state index contributed by atoms with van der Waals surface area (Å²) >= 11 is 3.41. The van der Waals surface area contributed by atoms with Gasteiger partial charge in [-0.1, -0.05) is 13.8 Å². The molecule has 0 saturated heterocycles. The zero-order chi connectivity index (χ0) is 14.6. The van der Waals surface area contributed by atoms with Crippen molar-refractivity contribution in [3.8, 4) is 5.75 Å². The molecular weight excluding hydrogens is 306 g/mol. The summed E-state index contributed by atoms with van der Waals surface area (Å²) in [5.41, 5.74) is 0.672. The number of benzene rings is 1. The van der Waals surface area contributed by atoms with E-state index in [1.54, 1.807) is 30.2 Å². The van der Waals surface area contributed by atoms with Crippen LogP contribution < -0.4 is 4.74 Å². The molecule has 1 aromatic rings. The van der Waals surface area contributed by atoms with Crippen LogP contribution in [0.5, 0.6) is 5.75 Å². The van der Waals surface area contributed by atoms with Crippen molar-refractivity contribution in [3.63, 3.8) is 0 Å². The topological polar surface area (TPSA) is 29.5 Å². The molecule has 19 heavy (non-hydrogen) atoms. The van der Waals surface area contributed by atoms with Gasteiger partial charge in [0.25, 0.3) is 5.91 Å². The largest absolute Gasteiger partial charge is 0.496 e. The lowest BCUT2D eigenvalue weighted by atomic mass is 10.0. The number of nitrogens with zero attached hydrogens (tertiary/aromatic N) is 1. The summed E-state index contributed by atoms with van der Waals surface area (Å²) < 4.78 is 5.97. The van der Waals surface area contributed by atoms with Gasteiger partial charge in [-0.05, 0) is 53.4 Å². The Morgan fingerprint density at radius 1 is 1.37 bits per heavy atom. The highest BCUT2D eigenvalue weighted by atomic mass is 79.9. The SMILES string of the molecule is COc1ccc(C(=O)N(C)C(C)CC(C)C)cc1Br. The number of hydrogen-bond donors (Lipinski definition) is 0. The Bertz CT molecular complexity index is 446. The zero-order valence-corrected chi connectivity index (χ0v) is 13.8. The van der Waals surface area contributed by atoms with E-state index in [1.807, 2.05) is 7.05 Å². The molecule has 1 amide bonds. The van der Waals surface area contributed by atoms with Crippen LogP contribution >= 0.6 is 15.9 Å². The van der Waals surface area contributed by atoms with Crippen LogP contribution in [0.4, 0.5) is 0 Å². The van der Waals surface area contributed by atoms with Crippen molar-refractivity contribution in [2.45, 2.75) is 33.2 Å². The predicted molar refractivity (Wildman–Crippen MR) is 81.7 cm³/mol. The van der Waals surface area contributed by atoms with E-state index in [1.165, 1.54) is 0 Å². The van der Waals surface area contributed by atoms with Gasteiger partial charge in [-0.15, -0.1) is 0 Å². The van der Waals surface area contributed by atoms with Crippen molar-refractivity contribution in [3.05, 3.63) is 28.2 Å². The number of hydrogen-bond acceptors (Lipinski definition) is 2. The van der Waals surface area contributed by atoms with E-state index >= 15 is 0 Å². The highest BCUT2D eigenvalue weighted by Gasteiger charge is 2.19. The average Bonchev–Trinajstić information content (AvgIpc) is 2.36. The molecule has 0 bridgehead atoms. The van der Waals surface area contributed by atoms with Crippen molar-refractivity contribution in [2.24, 2.45) is 5.92 Å². The molecule has 0 N–H and O–H groups in total. The quantitative estimate of drug-likeness (QED) is 0.819. The summed E-state index contributed by atoms with van der Waals surface area (Å²) in [4.78, 5) is 14.2. The van der Waals surface area contributed by atoms with Crippen LogP contribution in [0.3, 0.4) is 0 Å². The minimum absolute atomic E-state index is 0.0384. The third-order valence-electron chi connectivity index (χ3n) is 3.19. The summed E-state index contributed by atoms with van der Waals surface area (Å²) in [6.45, 7) is 6.41. The van der Waals surface area contributed by atoms with Crippen LogP contribution in [0.25, 0.3) is 0 Å². The number of methoxy groups -OCH3 is 1. The summed E-state index contributed by atoms with van der Waals surface area (Å²) in [5.74, 6) is 1.35. The summed E-state index contributed by atoms with van der Waals surface area (Å²) in [6, 6.07) is 5.64. The molecule has 106 valence electrons. The number of ether oxygens (including phenoxy) is 1. The predicted octanol–water partition coefficient (Wildman–Crippen LogP) is 3.96. The molecule has 4 heteroatoms. The van der Waals surface area contributed by atoms with Crippen molar-refractivity contribution in [1.29, 1.82) is 0 Å². The molecule has 3 nitrogen and oxygen atoms in total. The monoisotopic (exact) mass is 327 g/mol. The van der Waals surface area contributed by atoms with Crippen LogP contribution in [-0.4, -0.2) is 31.0 Å². The van der Waals surface area contributed by atoms with Crippen LogP contribution in [0.2, 0.25) is 0 Å². The Labute approximate surface area is 124 Å². The molecule has 0 fully saturated rings. The Balaban J connectivity index is 2.85. The maximum absolute atomic E-state index is 12.4. The van der Waals surface area contributed by atoms with E-state index < -0.39 is 0 Å². The number of halogens is 1. The van der Waals surface area contributed by atoms with Gasteiger partial charge >= 0.3 is 0 Å². The highest BCUT2D eigenvalue weighted by molar-refractivity contribution is 9.10. The van der Waals surface area contributed by atoms with E-state index in [0.29, 0.717) is 11.5 Å². The highest BCUT2D eigenvalue weighted by Crippen LogP contribution is 2.26. The molecule has 0 heterocycles. The Hall–Kier alpha value is -1.03. The average molecular weight is 328 g/mol. The second-order valence-electron chi connectivity index (χ2n) is 5.24. The zero-order valence-electron chi connectivity index (χ0n) is 12.2. The first-order chi connectivity index (χ1) is 8.86. The van der Waals surface area contributed by atoms with Gasteiger partial charge in [-0.3, -0.25) is 4.79 Å². The minimum Gasteiger partial charge on any atom is -0.496 e. The van der Waals surface area contributed by atoms with Gasteiger partial charge in [-0.2, -0.15) is 0 Å². The number of carbonyl (C=O) groups is 1. The second-order valence-corrected chi connectivity index (χ2v) is 6.10. The summed E-state index contributed by atoms with van der Waals surface area (Å²) in [5, 5.41) is 0. The standard InChI is InChI=1S/C15H22BrNO2/c1-10(2)8-11(3)17(4)15(18)12-6-7-14(19-5)13(16)9-12/h6-7,9-11H,8H2,1-5H3. The minimum atomic E-state index is 0.0384. The fourth-order valence-electron chi connectivity index (χ4n) is 2.04. The van der Waals surface area contributed by atoms with Crippen molar-refractivity contribution < 1.29 is 9.53 Å². The first kappa shape index (κ1) is 16.0. The molecule has 0 radical (unpaired) electrons. The smallest absolute Gasteiger partial charge is 0.253 e. The van der Waals surface area contributed by atoms with Gasteiger partial charge in [-0.25, -0.2) is 0 Å². The van der Waals surface area contributed by atoms with Gasteiger partial charge in [0.2, 0.25) is 0 Å². The van der Waals surface area contributed by atoms with Gasteiger partial charge in [0.05, 0.1) is 11.6 Å². The lowest BCUT2D eigenvalue weighted by Gasteiger charge is -2.26. The summed E-state index contributed by atoms with van der Waals surface area (Å²) in [6.07, 6.45) is 1.000. The lowest BCUT2D eigenvalue weighted by molar-refractivity contribution is 0.0728. The molecule has 0 aromatic heterocycles. The van der Waals surface area contributed by atoms with Crippen LogP contribution in [-0.2, 0) is 0 Å². The number of rotatable bonds is 5. The lowest BCUT2D eigenvalue weighted by Crippen LogP contribution is -2.35. The van der Waals surface area contributed by atoms with E-state index in [-0.39, 0.29) is 11.9 Å². The maximum atomic E-state index is 12.4. The van der Waals surface area contributed by atoms with E-state index in [2.05, 4.69) is 36.7 Å². The third kappa shape index (κ3) is 4.23. The fourth-order valence-corrected chi connectivity index (χ4v) is 2.58. The molecule has 0 aliphatic heterocycles. The first-order valence-electron chi connectivity index (χ1n) is 6.47. The van der Waals surface area contributed by atoms with E-state index in [4.69, 9.17) is 4.74 Å². The Kier molecular flexibility index (Phi) is 5.85. The molecule has 0 saturated carbocycles. The van der Waals surface area contributed by atoms with Crippen LogP contribution in [0.15, 0.2) is 22.7 Å².